The molecular formula is C110H102BN3. The molecule has 0 aliphatic carbocycles. The largest absolute Gasteiger partial charge is 0.310 e. The highest BCUT2D eigenvalue weighted by Crippen LogP contribution is 2.57. The van der Waals surface area contributed by atoms with E-state index in [1.54, 1.807) is 0 Å². The molecule has 16 aromatic carbocycles. The number of benzene rings is 16. The Kier molecular flexibility index (Phi) is 16.5. The van der Waals surface area contributed by atoms with E-state index in [1.807, 2.05) is 0 Å². The molecule has 0 bridgehead atoms. The van der Waals surface area contributed by atoms with Crippen LogP contribution in [-0.4, -0.2) is 11.3 Å². The number of aromatic nitrogens is 1. The molecule has 0 N–H and O–H groups in total. The first-order valence-corrected chi connectivity index (χ1v) is 41.2. The summed E-state index contributed by atoms with van der Waals surface area (Å²) in [6.45, 7) is 42.4. The van der Waals surface area contributed by atoms with Crippen molar-refractivity contribution in [3.8, 4) is 72.4 Å². The third-order valence-electron chi connectivity index (χ3n) is 25.1. The molecule has 114 heavy (non-hydrogen) atoms. The molecule has 3 nitrogen and oxygen atoms in total. The van der Waals surface area contributed by atoms with Crippen molar-refractivity contribution in [2.75, 3.05) is 9.80 Å². The quantitative estimate of drug-likeness (QED) is 0.0811. The molecule has 17 aromatic rings. The van der Waals surface area contributed by atoms with Crippen molar-refractivity contribution in [1.29, 1.82) is 0 Å². The summed E-state index contributed by atoms with van der Waals surface area (Å²) in [6.07, 6.45) is 0. The van der Waals surface area contributed by atoms with E-state index in [2.05, 4.69) is 430 Å². The van der Waals surface area contributed by atoms with Crippen LogP contribution in [0.15, 0.2) is 291 Å². The molecule has 0 fully saturated rings. The van der Waals surface area contributed by atoms with Crippen LogP contribution in [0, 0.1) is 0 Å². The van der Waals surface area contributed by atoms with E-state index in [4.69, 9.17) is 0 Å². The van der Waals surface area contributed by atoms with Crippen LogP contribution in [0.4, 0.5) is 34.1 Å². The van der Waals surface area contributed by atoms with Crippen LogP contribution in [0.25, 0.3) is 127 Å². The first-order valence-electron chi connectivity index (χ1n) is 41.2. The zero-order valence-corrected chi connectivity index (χ0v) is 69.6. The molecule has 1 aromatic heterocycles. The van der Waals surface area contributed by atoms with Crippen LogP contribution in [0.3, 0.4) is 0 Å². The standard InChI is InChI=1S/C110H102BN3/c1-105(2,3)77-53-75(54-78(59-77)106(4,5)6)73-45-49-90-94(57-73)113(103-86(67-33-23-19-24-34-67)61-81(109(13,14)15)62-87(103)68-35-25-20-26-36-68)96-65-83(112-92-51-47-71-41-31-43-84-85-44-32-42-72-48-52-93(112)101(99(72)85)100(92)98(71)84)66-97-102(96)111(90)91-50-46-74(76-55-79(107(7,8)9)60-80(56-76)108(10,11)12)58-95(91)114(97)104-88(69-37-27-21-28-38-69)63-82(110(16,17)18)64-89(104)70-39-29-22-30-40-70/h19-66H,1-18H3. The Bertz CT molecular complexity index is 6110. The summed E-state index contributed by atoms with van der Waals surface area (Å²) in [5, 5.41) is 10.3. The third kappa shape index (κ3) is 11.9. The Labute approximate surface area is 675 Å². The average Bonchev–Trinajstić information content (AvgIpc) is 1.42. The molecule has 0 saturated carbocycles. The molecule has 19 rings (SSSR count). The van der Waals surface area contributed by atoms with Gasteiger partial charge in [0.2, 0.25) is 0 Å². The molecule has 4 heteroatoms. The predicted molar refractivity (Wildman–Crippen MR) is 495 cm³/mol. The molecule has 2 aliphatic rings. The van der Waals surface area contributed by atoms with Gasteiger partial charge in [-0.3, -0.25) is 0 Å². The highest BCUT2D eigenvalue weighted by Gasteiger charge is 2.47. The smallest absolute Gasteiger partial charge is 0.252 e. The van der Waals surface area contributed by atoms with Gasteiger partial charge in [-0.25, -0.2) is 0 Å². The zero-order valence-electron chi connectivity index (χ0n) is 69.6. The molecule has 560 valence electrons. The Morgan fingerprint density at radius 3 is 0.842 bits per heavy atom. The molecule has 0 saturated heterocycles. The second kappa shape index (κ2) is 25.9. The van der Waals surface area contributed by atoms with Gasteiger partial charge in [0.25, 0.3) is 6.71 Å². The van der Waals surface area contributed by atoms with Gasteiger partial charge in [0.15, 0.2) is 0 Å². The lowest BCUT2D eigenvalue weighted by Crippen LogP contribution is -2.61. The van der Waals surface area contributed by atoms with Crippen molar-refractivity contribution in [2.45, 2.75) is 157 Å². The number of nitrogens with zero attached hydrogens (tertiary/aromatic N) is 3. The maximum Gasteiger partial charge on any atom is 0.252 e. The summed E-state index contributed by atoms with van der Waals surface area (Å²) in [5.41, 5.74) is 35.0. The van der Waals surface area contributed by atoms with Gasteiger partial charge < -0.3 is 14.4 Å². The van der Waals surface area contributed by atoms with Gasteiger partial charge in [0, 0.05) is 55.8 Å². The van der Waals surface area contributed by atoms with Gasteiger partial charge in [0.05, 0.1) is 28.1 Å². The molecule has 0 spiro atoms. The summed E-state index contributed by atoms with van der Waals surface area (Å²) in [5.74, 6) is 0. The second-order valence-corrected chi connectivity index (χ2v) is 39.0. The van der Waals surface area contributed by atoms with E-state index in [-0.39, 0.29) is 39.2 Å². The van der Waals surface area contributed by atoms with Gasteiger partial charge >= 0.3 is 0 Å². The first kappa shape index (κ1) is 72.5. The van der Waals surface area contributed by atoms with Crippen LogP contribution < -0.4 is 26.2 Å². The third-order valence-corrected chi connectivity index (χ3v) is 25.1. The Hall–Kier alpha value is -11.7. The normalized spacial score (nSPS) is 13.5. The van der Waals surface area contributed by atoms with Crippen molar-refractivity contribution < 1.29 is 0 Å². The van der Waals surface area contributed by atoms with Crippen LogP contribution in [0.5, 0.6) is 0 Å². The van der Waals surface area contributed by atoms with Crippen LogP contribution in [-0.2, 0) is 32.5 Å². The van der Waals surface area contributed by atoms with Gasteiger partial charge in [-0.2, -0.15) is 0 Å². The maximum absolute atomic E-state index is 2.78. The lowest BCUT2D eigenvalue weighted by molar-refractivity contribution is 0.568. The summed E-state index contributed by atoms with van der Waals surface area (Å²) in [4.78, 5) is 5.56. The van der Waals surface area contributed by atoms with Gasteiger partial charge in [-0.05, 0) is 220 Å². The van der Waals surface area contributed by atoms with Crippen molar-refractivity contribution in [1.82, 2.24) is 4.57 Å². The zero-order chi connectivity index (χ0) is 79.2. The van der Waals surface area contributed by atoms with Crippen molar-refractivity contribution in [2.24, 2.45) is 0 Å². The molecule has 0 unspecified atom stereocenters. The molecule has 2 aliphatic heterocycles. The van der Waals surface area contributed by atoms with Crippen LogP contribution >= 0.6 is 0 Å². The van der Waals surface area contributed by atoms with E-state index < -0.39 is 0 Å². The summed E-state index contributed by atoms with van der Waals surface area (Å²) >= 11 is 0. The minimum Gasteiger partial charge on any atom is -0.310 e. The first-order chi connectivity index (χ1) is 54.3. The average molecular weight is 1480 g/mol. The Balaban J connectivity index is 1.05. The van der Waals surface area contributed by atoms with Gasteiger partial charge in [-0.15, -0.1) is 0 Å². The maximum atomic E-state index is 2.78. The number of fused-ring (bicyclic) bond motifs is 5. The van der Waals surface area contributed by atoms with Crippen LogP contribution in [0.2, 0.25) is 0 Å². The van der Waals surface area contributed by atoms with Crippen LogP contribution in [0.1, 0.15) is 158 Å². The topological polar surface area (TPSA) is 11.4 Å². The number of rotatable bonds is 9. The lowest BCUT2D eigenvalue weighted by atomic mass is 9.33. The number of anilines is 6. The molecular weight excluding hydrogens is 1370 g/mol. The van der Waals surface area contributed by atoms with E-state index in [9.17, 15) is 0 Å². The minimum atomic E-state index is -0.275. The van der Waals surface area contributed by atoms with Gasteiger partial charge in [0.1, 0.15) is 0 Å². The molecule has 0 radical (unpaired) electrons. The fourth-order valence-corrected chi connectivity index (χ4v) is 18.7. The minimum absolute atomic E-state index is 0.118. The number of hydrogen-bond acceptors (Lipinski definition) is 2. The van der Waals surface area contributed by atoms with E-state index in [1.165, 1.54) is 148 Å². The van der Waals surface area contributed by atoms with E-state index in [0.717, 1.165) is 62.1 Å². The fraction of sp³-hybridized carbons (Fsp3) is 0.218. The monoisotopic (exact) mass is 1480 g/mol. The summed E-state index contributed by atoms with van der Waals surface area (Å²) in [6, 6.07) is 114. The summed E-state index contributed by atoms with van der Waals surface area (Å²) in [7, 11) is 0. The van der Waals surface area contributed by atoms with Crippen molar-refractivity contribution in [3.63, 3.8) is 0 Å². The lowest BCUT2D eigenvalue weighted by Gasteiger charge is -2.46. The SMILES string of the molecule is CC(C)(C)c1cc(-c2ccc3c(c2)N(c2c(-c4ccccc4)cc(C(C)(C)C)cc2-c2ccccc2)c2cc(-n4c5ccc6cccc7c8cccc9ccc4c(c98)c5c67)cc4c2B3c2ccc(-c3cc(C(C)(C)C)cc(C(C)(C)C)c3)cc2N4c2c(-c3ccccc3)cc(C(C)(C)C)cc2-c2ccccc2)cc(C(C)(C)C)c1. The predicted octanol–water partition coefficient (Wildman–Crippen LogP) is 29.0. The van der Waals surface area contributed by atoms with Crippen molar-refractivity contribution >= 4 is 111 Å². The van der Waals surface area contributed by atoms with E-state index >= 15 is 0 Å². The van der Waals surface area contributed by atoms with E-state index in [0.29, 0.717) is 0 Å². The number of hydrogen-bond donors (Lipinski definition) is 0. The molecule has 0 amide bonds. The second-order valence-electron chi connectivity index (χ2n) is 39.0. The summed E-state index contributed by atoms with van der Waals surface area (Å²) < 4.78 is 2.67. The molecule has 0 atom stereocenters. The molecule has 3 heterocycles. The van der Waals surface area contributed by atoms with Crippen molar-refractivity contribution in [3.05, 3.63) is 325 Å². The Morgan fingerprint density at radius 2 is 0.535 bits per heavy atom. The van der Waals surface area contributed by atoms with Gasteiger partial charge in [-0.1, -0.05) is 355 Å². The Morgan fingerprint density at radius 1 is 0.228 bits per heavy atom. The highest BCUT2D eigenvalue weighted by molar-refractivity contribution is 7.00. The highest BCUT2D eigenvalue weighted by atomic mass is 15.2. The fourth-order valence-electron chi connectivity index (χ4n) is 18.7.